The van der Waals surface area contributed by atoms with E-state index in [1.807, 2.05) is 49.1 Å². The third-order valence-corrected chi connectivity index (χ3v) is 3.32. The maximum absolute atomic E-state index is 12.3. The topological polar surface area (TPSA) is 66.0 Å². The van der Waals surface area contributed by atoms with Gasteiger partial charge in [0.25, 0.3) is 0 Å². The fourth-order valence-corrected chi connectivity index (χ4v) is 2.06. The molecular formula is C17H29IN4O2. The summed E-state index contributed by atoms with van der Waals surface area (Å²) in [5, 5.41) is 6.15. The van der Waals surface area contributed by atoms with Crippen LogP contribution in [0.5, 0.6) is 0 Å². The largest absolute Gasteiger partial charge is 0.380 e. The second-order valence-electron chi connectivity index (χ2n) is 4.94. The number of carbonyl (C=O) groups is 1. The number of guanidine groups is 1. The van der Waals surface area contributed by atoms with Crippen molar-refractivity contribution < 1.29 is 9.53 Å². The molecule has 1 aromatic rings. The minimum atomic E-state index is 0. The Labute approximate surface area is 162 Å². The van der Waals surface area contributed by atoms with Gasteiger partial charge < -0.3 is 20.3 Å². The van der Waals surface area contributed by atoms with Crippen molar-refractivity contribution in [1.29, 1.82) is 0 Å². The number of nitrogens with zero attached hydrogens (tertiary/aromatic N) is 2. The summed E-state index contributed by atoms with van der Waals surface area (Å²) in [4.78, 5) is 18.2. The van der Waals surface area contributed by atoms with Crippen LogP contribution in [0.1, 0.15) is 19.4 Å². The average Bonchev–Trinajstić information content (AvgIpc) is 2.59. The van der Waals surface area contributed by atoms with Crippen molar-refractivity contribution >= 4 is 35.8 Å². The summed E-state index contributed by atoms with van der Waals surface area (Å²) in [5.74, 6) is 0.651. The van der Waals surface area contributed by atoms with Gasteiger partial charge in [-0.3, -0.25) is 9.79 Å². The normalized spacial score (nSPS) is 10.7. The number of rotatable bonds is 9. The van der Waals surface area contributed by atoms with Gasteiger partial charge in [-0.05, 0) is 19.4 Å². The second kappa shape index (κ2) is 14.0. The van der Waals surface area contributed by atoms with Gasteiger partial charge in [0.2, 0.25) is 5.91 Å². The molecule has 0 radical (unpaired) electrons. The van der Waals surface area contributed by atoms with Crippen molar-refractivity contribution in [2.24, 2.45) is 4.99 Å². The Kier molecular flexibility index (Phi) is 13.2. The molecule has 6 nitrogen and oxygen atoms in total. The molecule has 0 fully saturated rings. The van der Waals surface area contributed by atoms with Crippen molar-refractivity contribution in [3.8, 4) is 0 Å². The molecule has 0 atom stereocenters. The van der Waals surface area contributed by atoms with Crippen LogP contribution in [0.3, 0.4) is 0 Å². The molecule has 0 saturated heterocycles. The van der Waals surface area contributed by atoms with Crippen LogP contribution in [0.2, 0.25) is 0 Å². The molecule has 0 spiro atoms. The predicted molar refractivity (Wildman–Crippen MR) is 109 cm³/mol. The van der Waals surface area contributed by atoms with Crippen molar-refractivity contribution in [2.45, 2.75) is 20.4 Å². The number of ether oxygens (including phenoxy) is 1. The highest BCUT2D eigenvalue weighted by Crippen LogP contribution is 2.04. The van der Waals surface area contributed by atoms with E-state index in [1.54, 1.807) is 7.05 Å². The molecule has 0 aliphatic rings. The van der Waals surface area contributed by atoms with Crippen LogP contribution in [0.15, 0.2) is 35.3 Å². The number of aliphatic imine (C=N–C) groups is 1. The first-order chi connectivity index (χ1) is 11.2. The lowest BCUT2D eigenvalue weighted by Gasteiger charge is -2.22. The molecule has 24 heavy (non-hydrogen) atoms. The number of amides is 1. The first-order valence-electron chi connectivity index (χ1n) is 8.05. The van der Waals surface area contributed by atoms with Crippen molar-refractivity contribution in [3.05, 3.63) is 35.9 Å². The van der Waals surface area contributed by atoms with E-state index < -0.39 is 0 Å². The van der Waals surface area contributed by atoms with Gasteiger partial charge in [0.1, 0.15) is 0 Å². The number of likely N-dealkylation sites (N-methyl/N-ethyl adjacent to an activating group) is 1. The van der Waals surface area contributed by atoms with Crippen LogP contribution >= 0.6 is 24.0 Å². The molecule has 0 aromatic heterocycles. The highest BCUT2D eigenvalue weighted by Gasteiger charge is 2.12. The van der Waals surface area contributed by atoms with Crippen LogP contribution in [-0.2, 0) is 16.1 Å². The Hall–Kier alpha value is -1.35. The molecule has 2 N–H and O–H groups in total. The quantitative estimate of drug-likeness (QED) is 0.262. The van der Waals surface area contributed by atoms with Gasteiger partial charge in [-0.2, -0.15) is 0 Å². The summed E-state index contributed by atoms with van der Waals surface area (Å²) in [6.07, 6.45) is 0. The van der Waals surface area contributed by atoms with E-state index in [0.717, 1.165) is 5.56 Å². The highest BCUT2D eigenvalue weighted by molar-refractivity contribution is 14.0. The first kappa shape index (κ1) is 22.6. The fraction of sp³-hybridized carbons (Fsp3) is 0.529. The van der Waals surface area contributed by atoms with Gasteiger partial charge in [-0.15, -0.1) is 24.0 Å². The number of benzene rings is 1. The molecule has 1 aromatic carbocycles. The highest BCUT2D eigenvalue weighted by atomic mass is 127. The predicted octanol–water partition coefficient (Wildman–Crippen LogP) is 1.85. The van der Waals surface area contributed by atoms with Crippen LogP contribution in [-0.4, -0.2) is 56.7 Å². The molecule has 0 aliphatic carbocycles. The summed E-state index contributed by atoms with van der Waals surface area (Å²) < 4.78 is 5.26. The van der Waals surface area contributed by atoms with Crippen molar-refractivity contribution in [3.63, 3.8) is 0 Å². The maximum atomic E-state index is 12.3. The Balaban J connectivity index is 0.00000529. The molecule has 0 bridgehead atoms. The van der Waals surface area contributed by atoms with Gasteiger partial charge >= 0.3 is 0 Å². The molecule has 0 aliphatic heterocycles. The Morgan fingerprint density at radius 3 is 2.50 bits per heavy atom. The van der Waals surface area contributed by atoms with Crippen LogP contribution in [0.25, 0.3) is 0 Å². The van der Waals surface area contributed by atoms with Gasteiger partial charge in [0.15, 0.2) is 5.96 Å². The number of hydrogen-bond donors (Lipinski definition) is 2. The molecule has 136 valence electrons. The Morgan fingerprint density at radius 1 is 1.21 bits per heavy atom. The summed E-state index contributed by atoms with van der Waals surface area (Å²) in [7, 11) is 1.68. The number of halogens is 1. The van der Waals surface area contributed by atoms with E-state index in [-0.39, 0.29) is 36.4 Å². The summed E-state index contributed by atoms with van der Waals surface area (Å²) in [5.41, 5.74) is 1.13. The zero-order valence-electron chi connectivity index (χ0n) is 14.7. The Bertz CT molecular complexity index is 483. The average molecular weight is 448 g/mol. The number of nitrogens with one attached hydrogen (secondary N) is 2. The Morgan fingerprint density at radius 2 is 1.92 bits per heavy atom. The van der Waals surface area contributed by atoms with E-state index >= 15 is 0 Å². The molecular weight excluding hydrogens is 419 g/mol. The lowest BCUT2D eigenvalue weighted by Crippen LogP contribution is -2.45. The monoisotopic (exact) mass is 448 g/mol. The molecule has 7 heteroatoms. The lowest BCUT2D eigenvalue weighted by atomic mass is 10.2. The van der Waals surface area contributed by atoms with E-state index in [2.05, 4.69) is 15.6 Å². The summed E-state index contributed by atoms with van der Waals surface area (Å²) in [6, 6.07) is 9.99. The second-order valence-corrected chi connectivity index (χ2v) is 4.94. The first-order valence-corrected chi connectivity index (χ1v) is 8.05. The summed E-state index contributed by atoms with van der Waals surface area (Å²) >= 11 is 0. The fourth-order valence-electron chi connectivity index (χ4n) is 2.06. The van der Waals surface area contributed by atoms with Crippen molar-refractivity contribution in [1.82, 2.24) is 15.5 Å². The third-order valence-electron chi connectivity index (χ3n) is 3.32. The van der Waals surface area contributed by atoms with Gasteiger partial charge in [-0.1, -0.05) is 30.3 Å². The van der Waals surface area contributed by atoms with E-state index in [0.29, 0.717) is 38.8 Å². The smallest absolute Gasteiger partial charge is 0.242 e. The lowest BCUT2D eigenvalue weighted by molar-refractivity contribution is -0.130. The maximum Gasteiger partial charge on any atom is 0.242 e. The number of carbonyl (C=O) groups excluding carboxylic acids is 1. The SMILES string of the molecule is CCOCCNC(=NC)NCC(=O)N(CC)Cc1ccccc1.I. The van der Waals surface area contributed by atoms with Gasteiger partial charge in [0.05, 0.1) is 13.2 Å². The van der Waals surface area contributed by atoms with Gasteiger partial charge in [-0.25, -0.2) is 0 Å². The molecule has 1 rings (SSSR count). The molecule has 1 amide bonds. The van der Waals surface area contributed by atoms with Crippen LogP contribution in [0, 0.1) is 0 Å². The zero-order chi connectivity index (χ0) is 16.9. The molecule has 0 heterocycles. The van der Waals surface area contributed by atoms with E-state index in [9.17, 15) is 4.79 Å². The standard InChI is InChI=1S/C17H28N4O2.HI/c1-4-21(14-15-9-7-6-8-10-15)16(22)13-20-17(18-3)19-11-12-23-5-2;/h6-10H,4-5,11-14H2,1-3H3,(H2,18,19,20);1H. The molecule has 0 unspecified atom stereocenters. The minimum absolute atomic E-state index is 0. The van der Waals surface area contributed by atoms with Gasteiger partial charge in [0, 0.05) is 33.3 Å². The van der Waals surface area contributed by atoms with E-state index in [4.69, 9.17) is 4.74 Å². The van der Waals surface area contributed by atoms with Crippen LogP contribution in [0.4, 0.5) is 0 Å². The molecule has 0 saturated carbocycles. The van der Waals surface area contributed by atoms with Crippen LogP contribution < -0.4 is 10.6 Å². The van der Waals surface area contributed by atoms with E-state index in [1.165, 1.54) is 0 Å². The number of hydrogen-bond acceptors (Lipinski definition) is 3. The van der Waals surface area contributed by atoms with Crippen molar-refractivity contribution in [2.75, 3.05) is 39.9 Å². The third kappa shape index (κ3) is 9.07. The summed E-state index contributed by atoms with van der Waals surface area (Å²) in [6.45, 7) is 7.41. The zero-order valence-corrected chi connectivity index (χ0v) is 17.1. The minimum Gasteiger partial charge on any atom is -0.380 e.